The molecule has 2 aliphatic heterocycles. The summed E-state index contributed by atoms with van der Waals surface area (Å²) in [6.07, 6.45) is 0.699. The maximum Gasteiger partial charge on any atom is 0.410 e. The molecule has 0 unspecified atom stereocenters. The van der Waals surface area contributed by atoms with Gasteiger partial charge in [0.05, 0.1) is 0 Å². The van der Waals surface area contributed by atoms with Gasteiger partial charge in [0.25, 0.3) is 0 Å². The maximum atomic E-state index is 12.0. The highest BCUT2D eigenvalue weighted by molar-refractivity contribution is 5.67. The average Bonchev–Trinajstić information content (AvgIpc) is 2.76. The lowest BCUT2D eigenvalue weighted by atomic mass is 10.2. The number of fused-ring (bicyclic) bond motifs is 1. The summed E-state index contributed by atoms with van der Waals surface area (Å²) < 4.78 is 15.9. The highest BCUT2D eigenvalue weighted by atomic mass is 16.7. The van der Waals surface area contributed by atoms with Crippen LogP contribution in [0.1, 0.15) is 12.0 Å². The van der Waals surface area contributed by atoms with Gasteiger partial charge in [-0.25, -0.2) is 4.79 Å². The molecule has 1 N–H and O–H groups in total. The summed E-state index contributed by atoms with van der Waals surface area (Å²) in [5.74, 6) is 1.44. The van der Waals surface area contributed by atoms with Crippen LogP contribution in [-0.2, 0) is 11.3 Å². The normalized spacial score (nSPS) is 17.7. The number of benzene rings is 1. The molecule has 0 bridgehead atoms. The molecule has 1 aromatic carbocycles. The minimum Gasteiger partial charge on any atom is -0.454 e. The molecule has 2 aliphatic rings. The molecular weight excluding hydrogens is 260 g/mol. The van der Waals surface area contributed by atoms with Crippen molar-refractivity contribution < 1.29 is 19.0 Å². The van der Waals surface area contributed by atoms with Gasteiger partial charge in [0.1, 0.15) is 6.61 Å². The Balaban J connectivity index is 1.54. The molecule has 6 heteroatoms. The Morgan fingerprint density at radius 3 is 3.10 bits per heavy atom. The number of amides is 1. The van der Waals surface area contributed by atoms with E-state index in [1.807, 2.05) is 18.2 Å². The molecule has 108 valence electrons. The highest BCUT2D eigenvalue weighted by Gasteiger charge is 2.17. The number of hydrogen-bond acceptors (Lipinski definition) is 5. The molecule has 0 aromatic heterocycles. The van der Waals surface area contributed by atoms with Gasteiger partial charge in [0.2, 0.25) is 6.79 Å². The third kappa shape index (κ3) is 2.96. The van der Waals surface area contributed by atoms with Crippen LogP contribution in [-0.4, -0.2) is 44.0 Å². The molecule has 0 saturated carbocycles. The topological polar surface area (TPSA) is 60.0 Å². The third-order valence-corrected chi connectivity index (χ3v) is 3.40. The van der Waals surface area contributed by atoms with Gasteiger partial charge in [-0.05, 0) is 30.7 Å². The van der Waals surface area contributed by atoms with Crippen LogP contribution in [0.3, 0.4) is 0 Å². The van der Waals surface area contributed by atoms with Gasteiger partial charge in [-0.2, -0.15) is 0 Å². The third-order valence-electron chi connectivity index (χ3n) is 3.40. The zero-order valence-electron chi connectivity index (χ0n) is 11.3. The van der Waals surface area contributed by atoms with Gasteiger partial charge in [-0.1, -0.05) is 6.07 Å². The second-order valence-corrected chi connectivity index (χ2v) is 4.83. The number of ether oxygens (including phenoxy) is 3. The van der Waals surface area contributed by atoms with Gasteiger partial charge in [0.15, 0.2) is 11.5 Å². The molecule has 1 aromatic rings. The zero-order chi connectivity index (χ0) is 13.8. The molecule has 0 atom stereocenters. The zero-order valence-corrected chi connectivity index (χ0v) is 11.3. The minimum atomic E-state index is -0.258. The van der Waals surface area contributed by atoms with E-state index in [4.69, 9.17) is 14.2 Å². The smallest absolute Gasteiger partial charge is 0.410 e. The van der Waals surface area contributed by atoms with Crippen molar-refractivity contribution in [1.82, 2.24) is 10.2 Å². The summed E-state index contributed by atoms with van der Waals surface area (Å²) in [6.45, 7) is 3.71. The van der Waals surface area contributed by atoms with E-state index < -0.39 is 0 Å². The first-order valence-corrected chi connectivity index (χ1v) is 6.84. The lowest BCUT2D eigenvalue weighted by molar-refractivity contribution is 0.0984. The van der Waals surface area contributed by atoms with Crippen LogP contribution in [0.4, 0.5) is 4.79 Å². The number of nitrogens with zero attached hydrogens (tertiary/aromatic N) is 1. The van der Waals surface area contributed by atoms with Crippen molar-refractivity contribution in [2.75, 3.05) is 33.0 Å². The van der Waals surface area contributed by atoms with Gasteiger partial charge in [-0.3, -0.25) is 0 Å². The molecular formula is C14H18N2O4. The van der Waals surface area contributed by atoms with Crippen molar-refractivity contribution in [3.05, 3.63) is 23.8 Å². The van der Waals surface area contributed by atoms with Crippen LogP contribution in [0, 0.1) is 0 Å². The molecule has 1 saturated heterocycles. The van der Waals surface area contributed by atoms with Gasteiger partial charge < -0.3 is 24.4 Å². The van der Waals surface area contributed by atoms with Gasteiger partial charge in [0, 0.05) is 19.6 Å². The summed E-state index contributed by atoms with van der Waals surface area (Å²) in [7, 11) is 0. The molecule has 0 spiro atoms. The van der Waals surface area contributed by atoms with Crippen molar-refractivity contribution in [1.29, 1.82) is 0 Å². The van der Waals surface area contributed by atoms with Crippen molar-refractivity contribution in [2.45, 2.75) is 13.0 Å². The molecule has 2 heterocycles. The van der Waals surface area contributed by atoms with Crippen molar-refractivity contribution in [3.8, 4) is 11.5 Å². The van der Waals surface area contributed by atoms with E-state index >= 15 is 0 Å². The van der Waals surface area contributed by atoms with Crippen molar-refractivity contribution >= 4 is 6.09 Å². The molecule has 3 rings (SSSR count). The summed E-state index contributed by atoms with van der Waals surface area (Å²) in [4.78, 5) is 13.7. The lowest BCUT2D eigenvalue weighted by Gasteiger charge is -2.19. The SMILES string of the molecule is O=C(OCc1ccc2c(c1)OCO2)N1CCCNCC1. The Morgan fingerprint density at radius 2 is 2.15 bits per heavy atom. The maximum absolute atomic E-state index is 12.0. The first-order valence-electron chi connectivity index (χ1n) is 6.84. The van der Waals surface area contributed by atoms with Crippen LogP contribution in [0.5, 0.6) is 11.5 Å². The number of carbonyl (C=O) groups excluding carboxylic acids is 1. The summed E-state index contributed by atoms with van der Waals surface area (Å²) in [6, 6.07) is 5.56. The Bertz CT molecular complexity index is 484. The Hall–Kier alpha value is -1.95. The van der Waals surface area contributed by atoms with Gasteiger partial charge in [-0.15, -0.1) is 0 Å². The Morgan fingerprint density at radius 1 is 1.25 bits per heavy atom. The lowest BCUT2D eigenvalue weighted by Crippen LogP contribution is -2.34. The predicted molar refractivity (Wildman–Crippen MR) is 71.8 cm³/mol. The van der Waals surface area contributed by atoms with Crippen LogP contribution in [0.15, 0.2) is 18.2 Å². The van der Waals surface area contributed by atoms with Gasteiger partial charge >= 0.3 is 6.09 Å². The van der Waals surface area contributed by atoms with E-state index in [-0.39, 0.29) is 19.5 Å². The molecule has 1 fully saturated rings. The van der Waals surface area contributed by atoms with Crippen LogP contribution in [0.25, 0.3) is 0 Å². The quantitative estimate of drug-likeness (QED) is 0.885. The second kappa shape index (κ2) is 6.00. The van der Waals surface area contributed by atoms with E-state index in [0.29, 0.717) is 12.3 Å². The van der Waals surface area contributed by atoms with E-state index in [1.165, 1.54) is 0 Å². The fourth-order valence-corrected chi connectivity index (χ4v) is 2.30. The first kappa shape index (κ1) is 13.1. The molecule has 1 amide bonds. The highest BCUT2D eigenvalue weighted by Crippen LogP contribution is 2.32. The van der Waals surface area contributed by atoms with Crippen molar-refractivity contribution in [3.63, 3.8) is 0 Å². The van der Waals surface area contributed by atoms with E-state index in [0.717, 1.165) is 37.4 Å². The number of carbonyl (C=O) groups is 1. The molecule has 20 heavy (non-hydrogen) atoms. The van der Waals surface area contributed by atoms with Crippen LogP contribution in [0.2, 0.25) is 0 Å². The number of hydrogen-bond donors (Lipinski definition) is 1. The summed E-state index contributed by atoms with van der Waals surface area (Å²) in [5.41, 5.74) is 0.899. The fourth-order valence-electron chi connectivity index (χ4n) is 2.30. The van der Waals surface area contributed by atoms with E-state index in [9.17, 15) is 4.79 Å². The minimum absolute atomic E-state index is 0.249. The second-order valence-electron chi connectivity index (χ2n) is 4.83. The van der Waals surface area contributed by atoms with E-state index in [2.05, 4.69) is 5.32 Å². The van der Waals surface area contributed by atoms with E-state index in [1.54, 1.807) is 4.90 Å². The largest absolute Gasteiger partial charge is 0.454 e. The first-order chi connectivity index (χ1) is 9.83. The standard InChI is InChI=1S/C14H18N2O4/c17-14(16-6-1-4-15-5-7-16)18-9-11-2-3-12-13(8-11)20-10-19-12/h2-3,8,15H,1,4-7,9-10H2. The monoisotopic (exact) mass is 278 g/mol. The average molecular weight is 278 g/mol. The predicted octanol–water partition coefficient (Wildman–Crippen LogP) is 1.35. The summed E-state index contributed by atoms with van der Waals surface area (Å²) in [5, 5.41) is 3.25. The van der Waals surface area contributed by atoms with Crippen molar-refractivity contribution in [2.24, 2.45) is 0 Å². The fraction of sp³-hybridized carbons (Fsp3) is 0.500. The van der Waals surface area contributed by atoms with Crippen LogP contribution < -0.4 is 14.8 Å². The Labute approximate surface area is 117 Å². The number of nitrogens with one attached hydrogen (secondary N) is 1. The summed E-state index contributed by atoms with van der Waals surface area (Å²) >= 11 is 0. The number of rotatable bonds is 2. The molecule has 0 aliphatic carbocycles. The molecule has 0 radical (unpaired) electrons. The Kier molecular flexibility index (Phi) is 3.92. The molecule has 6 nitrogen and oxygen atoms in total. The van der Waals surface area contributed by atoms with Crippen LogP contribution >= 0.6 is 0 Å².